The largest absolute Gasteiger partial charge is 0.332 e. The molecule has 0 bridgehead atoms. The lowest BCUT2D eigenvalue weighted by atomic mass is 10.2. The van der Waals surface area contributed by atoms with Crippen molar-refractivity contribution >= 4 is 28.8 Å². The Bertz CT molecular complexity index is 960. The van der Waals surface area contributed by atoms with E-state index in [2.05, 4.69) is 15.2 Å². The first-order valence-electron chi connectivity index (χ1n) is 5.98. The summed E-state index contributed by atoms with van der Waals surface area (Å²) < 4.78 is 2.98. The normalized spacial score (nSPS) is 17.3. The zero-order valence-electron chi connectivity index (χ0n) is 11.4. The number of rotatable bonds is 1. The summed E-state index contributed by atoms with van der Waals surface area (Å²) in [6.45, 7) is 1.21. The van der Waals surface area contributed by atoms with E-state index in [0.717, 1.165) is 13.7 Å². The predicted molar refractivity (Wildman–Crippen MR) is 69.8 cm³/mol. The Morgan fingerprint density at radius 3 is 2.43 bits per heavy atom. The summed E-state index contributed by atoms with van der Waals surface area (Å²) in [6.07, 6.45) is 0. The van der Waals surface area contributed by atoms with Crippen molar-refractivity contribution in [3.63, 3.8) is 0 Å². The highest BCUT2D eigenvalue weighted by Gasteiger charge is 2.34. The highest BCUT2D eigenvalue weighted by molar-refractivity contribution is 6.09. The van der Waals surface area contributed by atoms with Gasteiger partial charge in [-0.2, -0.15) is 5.11 Å². The zero-order chi connectivity index (χ0) is 15.5. The van der Waals surface area contributed by atoms with E-state index in [1.54, 1.807) is 0 Å². The van der Waals surface area contributed by atoms with Gasteiger partial charge in [-0.3, -0.25) is 23.5 Å². The molecule has 0 spiro atoms. The molecule has 3 rings (SSSR count). The van der Waals surface area contributed by atoms with Gasteiger partial charge in [0.2, 0.25) is 6.04 Å². The maximum atomic E-state index is 12.3. The lowest BCUT2D eigenvalue weighted by molar-refractivity contribution is -0.117. The Balaban J connectivity index is 2.48. The van der Waals surface area contributed by atoms with Crippen LogP contribution in [0.1, 0.15) is 11.7 Å². The van der Waals surface area contributed by atoms with Gasteiger partial charge in [0.1, 0.15) is 0 Å². The second-order valence-corrected chi connectivity index (χ2v) is 4.69. The zero-order valence-corrected chi connectivity index (χ0v) is 11.4. The summed E-state index contributed by atoms with van der Waals surface area (Å²) in [5, 5.41) is 7.29. The topological polar surface area (TPSA) is 121 Å². The molecule has 1 aliphatic rings. The molecular formula is C11H10N6O4. The third kappa shape index (κ3) is 1.55. The van der Waals surface area contributed by atoms with Crippen LogP contribution < -0.4 is 11.2 Å². The van der Waals surface area contributed by atoms with Gasteiger partial charge in [-0.15, -0.1) is 5.11 Å². The third-order valence-electron chi connectivity index (χ3n) is 3.34. The van der Waals surface area contributed by atoms with Gasteiger partial charge in [0, 0.05) is 14.1 Å². The molecule has 1 atom stereocenters. The Kier molecular flexibility index (Phi) is 2.52. The molecular weight excluding hydrogens is 280 g/mol. The lowest BCUT2D eigenvalue weighted by Gasteiger charge is -2.14. The van der Waals surface area contributed by atoms with Crippen molar-refractivity contribution in [1.82, 2.24) is 18.7 Å². The molecule has 0 saturated heterocycles. The van der Waals surface area contributed by atoms with Crippen LogP contribution in [0.15, 0.2) is 19.8 Å². The van der Waals surface area contributed by atoms with Gasteiger partial charge in [0.25, 0.3) is 17.4 Å². The molecule has 10 nitrogen and oxygen atoms in total. The second-order valence-electron chi connectivity index (χ2n) is 4.69. The minimum Gasteiger partial charge on any atom is -0.297 e. The van der Waals surface area contributed by atoms with E-state index in [4.69, 9.17) is 0 Å². The van der Waals surface area contributed by atoms with Gasteiger partial charge in [-0.1, -0.05) is 0 Å². The summed E-state index contributed by atoms with van der Waals surface area (Å²) in [6, 6.07) is -1.28. The van der Waals surface area contributed by atoms with Crippen LogP contribution in [-0.4, -0.2) is 36.4 Å². The monoisotopic (exact) mass is 290 g/mol. The number of carbonyl (C=O) groups is 2. The SMILES string of the molecule is CC(=O)C1N=Nc2nc3c(=O)n(C)c(=O)n(C)c3n2C1=O. The summed E-state index contributed by atoms with van der Waals surface area (Å²) in [5.41, 5.74) is -1.32. The van der Waals surface area contributed by atoms with Crippen LogP contribution >= 0.6 is 0 Å². The Hall–Kier alpha value is -2.91. The Morgan fingerprint density at radius 1 is 1.14 bits per heavy atom. The van der Waals surface area contributed by atoms with Crippen molar-refractivity contribution < 1.29 is 9.59 Å². The molecule has 0 aromatic carbocycles. The predicted octanol–water partition coefficient (Wildman–Crippen LogP) is -0.871. The fourth-order valence-corrected chi connectivity index (χ4v) is 2.22. The van der Waals surface area contributed by atoms with Gasteiger partial charge in [-0.05, 0) is 6.92 Å². The van der Waals surface area contributed by atoms with Crippen LogP contribution in [0, 0.1) is 0 Å². The molecule has 0 aliphatic carbocycles. The molecule has 1 aliphatic heterocycles. The highest BCUT2D eigenvalue weighted by atomic mass is 16.2. The first-order valence-corrected chi connectivity index (χ1v) is 5.98. The Labute approximate surface area is 116 Å². The Morgan fingerprint density at radius 2 is 1.81 bits per heavy atom. The van der Waals surface area contributed by atoms with Crippen molar-refractivity contribution in [2.24, 2.45) is 24.3 Å². The van der Waals surface area contributed by atoms with E-state index < -0.39 is 29.0 Å². The number of ketones is 1. The number of hydrogen-bond acceptors (Lipinski definition) is 7. The van der Waals surface area contributed by atoms with Crippen LogP contribution in [0.3, 0.4) is 0 Å². The molecule has 0 saturated carbocycles. The van der Waals surface area contributed by atoms with E-state index in [9.17, 15) is 19.2 Å². The minimum absolute atomic E-state index is 0.00741. The lowest BCUT2D eigenvalue weighted by Crippen LogP contribution is -2.39. The molecule has 1 unspecified atom stereocenters. The van der Waals surface area contributed by atoms with Crippen LogP contribution in [0.5, 0.6) is 0 Å². The molecule has 10 heteroatoms. The molecule has 0 fully saturated rings. The number of imidazole rings is 1. The van der Waals surface area contributed by atoms with Crippen LogP contribution in [-0.2, 0) is 18.9 Å². The number of nitrogens with zero attached hydrogens (tertiary/aromatic N) is 6. The van der Waals surface area contributed by atoms with Crippen molar-refractivity contribution in [2.75, 3.05) is 0 Å². The first-order chi connectivity index (χ1) is 9.84. The fourth-order valence-electron chi connectivity index (χ4n) is 2.22. The average Bonchev–Trinajstić information content (AvgIpc) is 2.83. The molecule has 0 radical (unpaired) electrons. The summed E-state index contributed by atoms with van der Waals surface area (Å²) in [5.74, 6) is -1.28. The fraction of sp³-hybridized carbons (Fsp3) is 0.364. The van der Waals surface area contributed by atoms with Gasteiger partial charge in [0.15, 0.2) is 16.9 Å². The van der Waals surface area contributed by atoms with Crippen LogP contribution in [0.25, 0.3) is 11.2 Å². The van der Waals surface area contributed by atoms with Crippen LogP contribution in [0.2, 0.25) is 0 Å². The first kappa shape index (κ1) is 13.1. The minimum atomic E-state index is -1.28. The summed E-state index contributed by atoms with van der Waals surface area (Å²) >= 11 is 0. The van der Waals surface area contributed by atoms with Gasteiger partial charge in [0.05, 0.1) is 0 Å². The molecule has 108 valence electrons. The van der Waals surface area contributed by atoms with Crippen LogP contribution in [0.4, 0.5) is 5.95 Å². The number of Topliss-reactive ketones (excluding diaryl/α,β-unsaturated/α-hetero) is 1. The van der Waals surface area contributed by atoms with E-state index in [1.807, 2.05) is 0 Å². The molecule has 2 aromatic rings. The van der Waals surface area contributed by atoms with E-state index >= 15 is 0 Å². The number of carbonyl (C=O) groups excluding carboxylic acids is 2. The van der Waals surface area contributed by atoms with Crippen molar-refractivity contribution in [1.29, 1.82) is 0 Å². The highest BCUT2D eigenvalue weighted by Crippen LogP contribution is 2.24. The number of hydrogen-bond donors (Lipinski definition) is 0. The van der Waals surface area contributed by atoms with Gasteiger partial charge >= 0.3 is 5.69 Å². The van der Waals surface area contributed by atoms with Crippen molar-refractivity contribution in [2.45, 2.75) is 13.0 Å². The van der Waals surface area contributed by atoms with Gasteiger partial charge < -0.3 is 0 Å². The number of aryl methyl sites for hydroxylation is 1. The molecule has 3 heterocycles. The van der Waals surface area contributed by atoms with E-state index in [1.165, 1.54) is 21.0 Å². The van der Waals surface area contributed by atoms with E-state index in [-0.39, 0.29) is 17.1 Å². The summed E-state index contributed by atoms with van der Waals surface area (Å²) in [7, 11) is 2.71. The van der Waals surface area contributed by atoms with E-state index in [0.29, 0.717) is 0 Å². The second kappa shape index (κ2) is 4.04. The number of azo groups is 1. The molecule has 21 heavy (non-hydrogen) atoms. The molecule has 2 aromatic heterocycles. The number of aromatic nitrogens is 4. The molecule has 0 amide bonds. The smallest absolute Gasteiger partial charge is 0.297 e. The maximum absolute atomic E-state index is 12.3. The maximum Gasteiger partial charge on any atom is 0.332 e. The molecule has 0 N–H and O–H groups in total. The average molecular weight is 290 g/mol. The number of fused-ring (bicyclic) bond motifs is 3. The quantitative estimate of drug-likeness (QED) is 0.632. The van der Waals surface area contributed by atoms with Gasteiger partial charge in [-0.25, -0.2) is 14.3 Å². The third-order valence-corrected chi connectivity index (χ3v) is 3.34. The van der Waals surface area contributed by atoms with Crippen molar-refractivity contribution in [3.05, 3.63) is 20.8 Å². The summed E-state index contributed by atoms with van der Waals surface area (Å²) in [4.78, 5) is 51.7. The standard InChI is InChI=1S/C11H10N6O4/c1-4(18)5-9(20)17-7-6(12-10(17)14-13-5)8(19)16(3)11(21)15(7)2/h5H,1-3H3. The van der Waals surface area contributed by atoms with Crippen molar-refractivity contribution in [3.8, 4) is 0 Å².